The molecule has 4 atom stereocenters. The van der Waals surface area contributed by atoms with Crippen LogP contribution in [-0.4, -0.2) is 146 Å². The van der Waals surface area contributed by atoms with Gasteiger partial charge in [-0.3, -0.25) is 34.7 Å². The molecular weight excluding hydrogens is 1150 g/mol. The highest BCUT2D eigenvalue weighted by Gasteiger charge is 2.53. The van der Waals surface area contributed by atoms with Gasteiger partial charge in [0.2, 0.25) is 17.0 Å². The number of carbonyl (C=O) groups is 9. The molecule has 446 valence electrons. The van der Waals surface area contributed by atoms with Crippen molar-refractivity contribution in [3.05, 3.63) is 173 Å². The van der Waals surface area contributed by atoms with Gasteiger partial charge in [0.25, 0.3) is 0 Å². The molecule has 0 radical (unpaired) electrons. The summed E-state index contributed by atoms with van der Waals surface area (Å²) in [5.74, 6) is -4.90. The molecule has 0 bridgehead atoms. The number of benzene rings is 5. The molecule has 3 aliphatic rings. The summed E-state index contributed by atoms with van der Waals surface area (Å²) in [4.78, 5) is 128. The Balaban J connectivity index is 0.898. The molecule has 6 aromatic rings. The molecule has 86 heavy (non-hydrogen) atoms. The highest BCUT2D eigenvalue weighted by atomic mass is 32.2. The lowest BCUT2D eigenvalue weighted by Crippen LogP contribution is -2.69. The van der Waals surface area contributed by atoms with Gasteiger partial charge in [0.15, 0.2) is 17.2 Å². The average molecular weight is 1210 g/mol. The molecule has 3 aliphatic heterocycles. The number of carbonyl (C=O) groups excluding carboxylic acids is 9. The van der Waals surface area contributed by atoms with Crippen molar-refractivity contribution in [3.63, 3.8) is 0 Å². The van der Waals surface area contributed by atoms with E-state index in [-0.39, 0.29) is 66.0 Å². The topological polar surface area (TPSA) is 289 Å². The van der Waals surface area contributed by atoms with Crippen LogP contribution >= 0.6 is 23.5 Å². The number of β-lactam (4-membered cyclic amide) rings is 1. The Morgan fingerprint density at radius 1 is 0.802 bits per heavy atom. The minimum Gasteiger partial charge on any atom is -0.468 e. The molecule has 2 saturated heterocycles. The van der Waals surface area contributed by atoms with Gasteiger partial charge >= 0.3 is 42.0 Å². The summed E-state index contributed by atoms with van der Waals surface area (Å²) in [6, 6.07) is 38.3. The van der Waals surface area contributed by atoms with Crippen LogP contribution in [0.4, 0.5) is 31.4 Å². The first kappa shape index (κ1) is 61.2. The van der Waals surface area contributed by atoms with Gasteiger partial charge in [-0.05, 0) is 66.9 Å². The molecule has 9 rings (SSSR count). The van der Waals surface area contributed by atoms with Crippen molar-refractivity contribution in [1.29, 1.82) is 0 Å². The van der Waals surface area contributed by atoms with Crippen LogP contribution in [-0.2, 0) is 60.2 Å². The average Bonchev–Trinajstić information content (AvgIpc) is 0.983. The number of para-hydroxylation sites is 3. The van der Waals surface area contributed by atoms with E-state index in [2.05, 4.69) is 36.8 Å². The number of nitrogens with one attached hydrogen (secondary N) is 4. The Morgan fingerprint density at radius 3 is 2.03 bits per heavy atom. The molecule has 0 saturated carbocycles. The van der Waals surface area contributed by atoms with Crippen molar-refractivity contribution >= 4 is 94.4 Å². The van der Waals surface area contributed by atoms with Crippen molar-refractivity contribution in [3.8, 4) is 0 Å². The number of anilines is 2. The number of piperazine rings is 1. The van der Waals surface area contributed by atoms with Crippen LogP contribution in [0.5, 0.6) is 0 Å². The van der Waals surface area contributed by atoms with Gasteiger partial charge in [-0.15, -0.1) is 16.9 Å². The molecule has 1 aromatic heterocycles. The number of aromatic nitrogens is 4. The Bertz CT molecular complexity index is 3570. The number of ether oxygens (including phenoxy) is 4. The van der Waals surface area contributed by atoms with Crippen LogP contribution in [0.15, 0.2) is 156 Å². The Labute approximate surface area is 502 Å². The van der Waals surface area contributed by atoms with Crippen molar-refractivity contribution in [2.75, 3.05) is 56.3 Å². The summed E-state index contributed by atoms with van der Waals surface area (Å²) in [5, 5.41) is 21.3. The highest BCUT2D eigenvalue weighted by Crippen LogP contribution is 2.46. The summed E-state index contributed by atoms with van der Waals surface area (Å²) in [7, 11) is 2.81. The van der Waals surface area contributed by atoms with E-state index in [1.165, 1.54) is 34.5 Å². The number of amides is 8. The predicted octanol–water partition coefficient (Wildman–Crippen LogP) is 6.80. The third kappa shape index (κ3) is 13.0. The minimum absolute atomic E-state index is 0.00382. The van der Waals surface area contributed by atoms with Crippen molar-refractivity contribution in [1.82, 2.24) is 45.1 Å². The first-order valence-corrected chi connectivity index (χ1v) is 29.2. The molecule has 8 amide bonds. The van der Waals surface area contributed by atoms with Crippen LogP contribution in [0.1, 0.15) is 62.5 Å². The number of aryl methyl sites for hydroxylation is 1. The van der Waals surface area contributed by atoms with Crippen LogP contribution in [0, 0.1) is 0 Å². The zero-order valence-corrected chi connectivity index (χ0v) is 49.3. The van der Waals surface area contributed by atoms with Gasteiger partial charge in [0, 0.05) is 35.7 Å². The lowest BCUT2D eigenvalue weighted by Gasteiger charge is -2.47. The van der Waals surface area contributed by atoms with Gasteiger partial charge < -0.3 is 29.6 Å². The third-order valence-corrected chi connectivity index (χ3v) is 16.9. The summed E-state index contributed by atoms with van der Waals surface area (Å²) in [6.07, 6.45) is -2.67. The van der Waals surface area contributed by atoms with Crippen LogP contribution in [0.3, 0.4) is 0 Å². The minimum atomic E-state index is -1.87. The number of hydrogen-bond donors (Lipinski definition) is 4. The van der Waals surface area contributed by atoms with Gasteiger partial charge in [0.1, 0.15) is 35.5 Å². The molecular formula is C60H62N11O13S2+. The van der Waals surface area contributed by atoms with E-state index in [0.29, 0.717) is 32.3 Å². The number of urea groups is 1. The lowest BCUT2D eigenvalue weighted by molar-refractivity contribution is -0.152. The summed E-state index contributed by atoms with van der Waals surface area (Å²) in [6.45, 7) is 4.98. The first-order valence-electron chi connectivity index (χ1n) is 27.2. The van der Waals surface area contributed by atoms with Crippen LogP contribution in [0.25, 0.3) is 0 Å². The number of tetrazole rings is 1. The normalized spacial score (nSPS) is 18.2. The lowest BCUT2D eigenvalue weighted by atomic mass is 9.74. The number of likely N-dealkylation sites (N-methyl/N-ethyl adjacent to an activating group) is 1. The zero-order chi connectivity index (χ0) is 61.3. The molecule has 5 aromatic carbocycles. The first-order chi connectivity index (χ1) is 41.3. The molecule has 26 heteroatoms. The van der Waals surface area contributed by atoms with E-state index in [1.807, 2.05) is 60.7 Å². The summed E-state index contributed by atoms with van der Waals surface area (Å²) >= 11 is 2.37. The maximum atomic E-state index is 14.6. The van der Waals surface area contributed by atoms with E-state index in [1.54, 1.807) is 108 Å². The smallest absolute Gasteiger partial charge is 0.412 e. The quantitative estimate of drug-likeness (QED) is 0.0162. The number of esters is 2. The number of thioether (sulfide) groups is 2. The van der Waals surface area contributed by atoms with Crippen molar-refractivity contribution in [2.24, 2.45) is 7.05 Å². The largest absolute Gasteiger partial charge is 0.468 e. The maximum Gasteiger partial charge on any atom is 0.412 e. The fourth-order valence-corrected chi connectivity index (χ4v) is 12.7. The van der Waals surface area contributed by atoms with Gasteiger partial charge in [-0.25, -0.2) is 38.0 Å². The van der Waals surface area contributed by atoms with Crippen molar-refractivity contribution in [2.45, 2.75) is 67.1 Å². The van der Waals surface area contributed by atoms with Crippen LogP contribution < -0.4 is 25.8 Å². The number of nitrogens with zero attached hydrogens (tertiary/aromatic N) is 7. The highest BCUT2D eigenvalue weighted by molar-refractivity contribution is 8.01. The predicted molar refractivity (Wildman–Crippen MR) is 316 cm³/mol. The second kappa shape index (κ2) is 26.3. The molecule has 2 unspecified atom stereocenters. The van der Waals surface area contributed by atoms with Crippen LogP contribution in [0.2, 0.25) is 0 Å². The fraction of sp³-hybridized carbons (Fsp3) is 0.300. The van der Waals surface area contributed by atoms with Gasteiger partial charge in [0.05, 0.1) is 38.5 Å². The van der Waals surface area contributed by atoms with E-state index >= 15 is 0 Å². The monoisotopic (exact) mass is 1210 g/mol. The Kier molecular flexibility index (Phi) is 18.7. The van der Waals surface area contributed by atoms with Crippen molar-refractivity contribution < 1.29 is 62.1 Å². The van der Waals surface area contributed by atoms with E-state index in [9.17, 15) is 43.2 Å². The zero-order valence-electron chi connectivity index (χ0n) is 47.7. The number of quaternary nitrogens is 1. The summed E-state index contributed by atoms with van der Waals surface area (Å²) in [5.41, 5.74) is -0.120. The van der Waals surface area contributed by atoms with E-state index < -0.39 is 93.4 Å². The number of hydrogen-bond acceptors (Lipinski definition) is 18. The number of methoxy groups -OCH3 is 1. The second-order valence-corrected chi connectivity index (χ2v) is 23.2. The molecule has 2 fully saturated rings. The van der Waals surface area contributed by atoms with E-state index in [4.69, 9.17) is 18.9 Å². The molecule has 4 heterocycles. The number of imide groups is 1. The van der Waals surface area contributed by atoms with Gasteiger partial charge in [-0.2, -0.15) is 0 Å². The maximum absolute atomic E-state index is 14.6. The molecule has 0 aliphatic carbocycles. The second-order valence-electron chi connectivity index (χ2n) is 20.9. The molecule has 24 nitrogen and oxygen atoms in total. The standard InChI is InChI=1S/C60H61N11O13S2/c1-7-71(44-30-20-19-29-43(44)63-57(79)82-36-60(54(77)81-6,39-25-15-10-16-26-39)41-27-17-18-28-42(41)62-58(80)84-59(2,3)4)32-31-69(51(74)52(71)75)55(78)61-34-45(72)64-50-40(35-85-56-65-66-67-68(56)5)48(70-46(73)33-47(70)86-50)53(76)83-49(37-21-11-8-12-22-37)38-23-13-9-14-24-38/h8-30,47,49-50H,7,31-36H2,1-6H3,(H3-,61,62,63,64,72,78,79,80)/p+1/t47-,50+,60?,71?/m0/s1. The summed E-state index contributed by atoms with van der Waals surface area (Å²) < 4.78 is 23.9. The van der Waals surface area contributed by atoms with E-state index in [0.717, 1.165) is 11.8 Å². The van der Waals surface area contributed by atoms with Gasteiger partial charge in [-0.1, -0.05) is 133 Å². The number of rotatable bonds is 19. The molecule has 0 spiro atoms. The Hall–Kier alpha value is -9.40. The molecule has 4 N–H and O–H groups in total. The Morgan fingerprint density at radius 2 is 1.42 bits per heavy atom. The number of fused-ring (bicyclic) bond motifs is 1. The SMILES string of the molecule is CC[N+]1(c2ccccc2NC(=O)OCC(C(=O)OC)(c2ccccc2)c2ccccc2NC(=O)OC(C)(C)C)CCN(C(=O)NCC(=O)N[C@@H]2S[C@H]3CC(=O)N3C(C(=O)OC(c3ccccc3)c3ccccc3)=C2CSc2nnnn2C)C(=O)C1=O. The fourth-order valence-electron chi connectivity index (χ4n) is 10.3. The third-order valence-electron chi connectivity index (χ3n) is 14.5.